The number of amides is 1. The number of nitrogens with two attached hydrogens (primary N) is 1. The molecule has 0 spiro atoms. The number of hydrogen-bond donors (Lipinski definition) is 2. The minimum Gasteiger partial charge on any atom is -0.490 e. The van der Waals surface area contributed by atoms with Gasteiger partial charge < -0.3 is 20.5 Å². The second kappa shape index (κ2) is 9.30. The van der Waals surface area contributed by atoms with Crippen LogP contribution in [0.5, 0.6) is 11.5 Å². The van der Waals surface area contributed by atoms with Crippen molar-refractivity contribution in [3.05, 3.63) is 18.2 Å². The maximum atomic E-state index is 12.1. The average Bonchev–Trinajstić information content (AvgIpc) is 2.50. The lowest BCUT2D eigenvalue weighted by Crippen LogP contribution is -2.34. The van der Waals surface area contributed by atoms with Gasteiger partial charge in [-0.1, -0.05) is 20.8 Å². The molecule has 0 bridgehead atoms. The molecule has 1 amide bonds. The topological polar surface area (TPSA) is 73.6 Å². The van der Waals surface area contributed by atoms with Crippen molar-refractivity contribution in [2.75, 3.05) is 18.5 Å². The van der Waals surface area contributed by atoms with E-state index in [9.17, 15) is 4.79 Å². The highest BCUT2D eigenvalue weighted by Crippen LogP contribution is 2.31. The monoisotopic (exact) mass is 308 g/mol. The van der Waals surface area contributed by atoms with Gasteiger partial charge in [0.2, 0.25) is 5.91 Å². The fraction of sp³-hybridized carbons (Fsp3) is 0.588. The summed E-state index contributed by atoms with van der Waals surface area (Å²) in [4.78, 5) is 12.1. The van der Waals surface area contributed by atoms with Crippen molar-refractivity contribution in [2.24, 2.45) is 11.7 Å². The van der Waals surface area contributed by atoms with Crippen LogP contribution in [0.25, 0.3) is 0 Å². The summed E-state index contributed by atoms with van der Waals surface area (Å²) in [6.45, 7) is 8.97. The molecule has 3 N–H and O–H groups in total. The van der Waals surface area contributed by atoms with E-state index >= 15 is 0 Å². The Labute approximate surface area is 133 Å². The van der Waals surface area contributed by atoms with Crippen LogP contribution in [0.1, 0.15) is 40.5 Å². The van der Waals surface area contributed by atoms with Gasteiger partial charge in [-0.15, -0.1) is 0 Å². The molecule has 0 fully saturated rings. The summed E-state index contributed by atoms with van der Waals surface area (Å²) in [6.07, 6.45) is 1.84. The number of rotatable bonds is 9. The van der Waals surface area contributed by atoms with Crippen LogP contribution in [-0.4, -0.2) is 25.2 Å². The van der Waals surface area contributed by atoms with E-state index in [1.54, 1.807) is 6.07 Å². The summed E-state index contributed by atoms with van der Waals surface area (Å²) in [5.74, 6) is 1.00. The minimum atomic E-state index is -0.254. The third-order valence-corrected chi connectivity index (χ3v) is 3.34. The molecular formula is C17H28N2O3. The first-order valence-electron chi connectivity index (χ1n) is 7.95. The van der Waals surface area contributed by atoms with Gasteiger partial charge in [0, 0.05) is 17.8 Å². The summed E-state index contributed by atoms with van der Waals surface area (Å²) >= 11 is 0. The molecule has 5 nitrogen and oxygen atoms in total. The van der Waals surface area contributed by atoms with Crippen LogP contribution in [0.4, 0.5) is 5.69 Å². The van der Waals surface area contributed by atoms with E-state index in [1.165, 1.54) is 0 Å². The Kier molecular flexibility index (Phi) is 7.74. The van der Waals surface area contributed by atoms with Crippen LogP contribution in [0.2, 0.25) is 0 Å². The zero-order chi connectivity index (χ0) is 16.5. The summed E-state index contributed by atoms with van der Waals surface area (Å²) in [5, 5.41) is 2.87. The fourth-order valence-electron chi connectivity index (χ4n) is 1.74. The molecule has 124 valence electrons. The number of carbonyl (C=O) groups excluding carboxylic acids is 1. The highest BCUT2D eigenvalue weighted by molar-refractivity contribution is 5.93. The lowest BCUT2D eigenvalue weighted by molar-refractivity contribution is -0.119. The Morgan fingerprint density at radius 3 is 2.27 bits per heavy atom. The fourth-order valence-corrected chi connectivity index (χ4v) is 1.74. The van der Waals surface area contributed by atoms with E-state index in [0.717, 1.165) is 12.8 Å². The predicted molar refractivity (Wildman–Crippen MR) is 89.5 cm³/mol. The van der Waals surface area contributed by atoms with Crippen LogP contribution >= 0.6 is 0 Å². The maximum absolute atomic E-state index is 12.1. The molecule has 0 aromatic heterocycles. The first-order valence-corrected chi connectivity index (χ1v) is 7.95. The van der Waals surface area contributed by atoms with Crippen LogP contribution < -0.4 is 20.5 Å². The van der Waals surface area contributed by atoms with Gasteiger partial charge in [0.05, 0.1) is 19.1 Å². The molecule has 0 aliphatic rings. The van der Waals surface area contributed by atoms with E-state index in [1.807, 2.05) is 32.9 Å². The molecule has 2 unspecified atom stereocenters. The van der Waals surface area contributed by atoms with Crippen LogP contribution in [0, 0.1) is 5.92 Å². The summed E-state index contributed by atoms with van der Waals surface area (Å²) in [5.41, 5.74) is 6.45. The van der Waals surface area contributed by atoms with Crippen molar-refractivity contribution in [1.82, 2.24) is 0 Å². The van der Waals surface area contributed by atoms with E-state index in [4.69, 9.17) is 15.2 Å². The van der Waals surface area contributed by atoms with Gasteiger partial charge in [0.25, 0.3) is 0 Å². The normalized spacial score (nSPS) is 13.3. The molecule has 5 heteroatoms. The molecule has 0 saturated carbocycles. The SMILES string of the molecule is CCCOc1ccc(NC(=O)C(C)C(C)N)cc1OCCC. The van der Waals surface area contributed by atoms with Crippen molar-refractivity contribution >= 4 is 11.6 Å². The molecule has 1 rings (SSSR count). The third-order valence-electron chi connectivity index (χ3n) is 3.34. The summed E-state index contributed by atoms with van der Waals surface area (Å²) in [7, 11) is 0. The number of nitrogens with one attached hydrogen (secondary N) is 1. The molecule has 0 aliphatic carbocycles. The number of ether oxygens (including phenoxy) is 2. The lowest BCUT2D eigenvalue weighted by Gasteiger charge is -2.17. The van der Waals surface area contributed by atoms with Crippen LogP contribution in [0.3, 0.4) is 0 Å². The van der Waals surface area contributed by atoms with Crippen LogP contribution in [-0.2, 0) is 4.79 Å². The first kappa shape index (κ1) is 18.3. The first-order chi connectivity index (χ1) is 10.5. The molecule has 22 heavy (non-hydrogen) atoms. The predicted octanol–water partition coefficient (Wildman–Crippen LogP) is 3.19. The Morgan fingerprint density at radius 1 is 1.14 bits per heavy atom. The largest absolute Gasteiger partial charge is 0.490 e. The van der Waals surface area contributed by atoms with Crippen molar-refractivity contribution in [3.8, 4) is 11.5 Å². The Balaban J connectivity index is 2.85. The molecule has 0 aliphatic heterocycles. The number of benzene rings is 1. The van der Waals surface area contributed by atoms with Gasteiger partial charge in [-0.25, -0.2) is 0 Å². The average molecular weight is 308 g/mol. The summed E-state index contributed by atoms with van der Waals surface area (Å²) < 4.78 is 11.4. The highest BCUT2D eigenvalue weighted by Gasteiger charge is 2.17. The second-order valence-corrected chi connectivity index (χ2v) is 5.50. The molecule has 1 aromatic rings. The molecule has 0 saturated heterocycles. The smallest absolute Gasteiger partial charge is 0.228 e. The summed E-state index contributed by atoms with van der Waals surface area (Å²) in [6, 6.07) is 5.25. The number of carbonyl (C=O) groups is 1. The van der Waals surface area contributed by atoms with Crippen molar-refractivity contribution < 1.29 is 14.3 Å². The zero-order valence-electron chi connectivity index (χ0n) is 14.0. The second-order valence-electron chi connectivity index (χ2n) is 5.50. The van der Waals surface area contributed by atoms with Crippen molar-refractivity contribution in [2.45, 2.75) is 46.6 Å². The van der Waals surface area contributed by atoms with Crippen molar-refractivity contribution in [3.63, 3.8) is 0 Å². The van der Waals surface area contributed by atoms with E-state index in [-0.39, 0.29) is 17.9 Å². The Bertz CT molecular complexity index is 475. The van der Waals surface area contributed by atoms with E-state index < -0.39 is 0 Å². The Hall–Kier alpha value is -1.75. The van der Waals surface area contributed by atoms with Gasteiger partial charge >= 0.3 is 0 Å². The minimum absolute atomic E-state index is 0.0985. The van der Waals surface area contributed by atoms with E-state index in [0.29, 0.717) is 30.4 Å². The Morgan fingerprint density at radius 2 is 1.73 bits per heavy atom. The molecule has 0 radical (unpaired) electrons. The highest BCUT2D eigenvalue weighted by atomic mass is 16.5. The lowest BCUT2D eigenvalue weighted by atomic mass is 10.0. The molecule has 0 heterocycles. The van der Waals surface area contributed by atoms with Crippen LogP contribution in [0.15, 0.2) is 18.2 Å². The standard InChI is InChI=1S/C17H28N2O3/c1-5-9-21-15-8-7-14(11-16(15)22-10-6-2)19-17(20)12(3)13(4)18/h7-8,11-13H,5-6,9-10,18H2,1-4H3,(H,19,20). The molecule has 1 aromatic carbocycles. The zero-order valence-corrected chi connectivity index (χ0v) is 14.0. The van der Waals surface area contributed by atoms with Crippen molar-refractivity contribution in [1.29, 1.82) is 0 Å². The molecular weight excluding hydrogens is 280 g/mol. The number of hydrogen-bond acceptors (Lipinski definition) is 4. The van der Waals surface area contributed by atoms with Gasteiger partial charge in [0.15, 0.2) is 11.5 Å². The van der Waals surface area contributed by atoms with Gasteiger partial charge in [-0.2, -0.15) is 0 Å². The molecule has 2 atom stereocenters. The third kappa shape index (κ3) is 5.56. The quantitative estimate of drug-likeness (QED) is 0.735. The maximum Gasteiger partial charge on any atom is 0.228 e. The van der Waals surface area contributed by atoms with Gasteiger partial charge in [-0.05, 0) is 31.9 Å². The van der Waals surface area contributed by atoms with E-state index in [2.05, 4.69) is 12.2 Å². The van der Waals surface area contributed by atoms with Gasteiger partial charge in [-0.3, -0.25) is 4.79 Å². The van der Waals surface area contributed by atoms with Gasteiger partial charge in [0.1, 0.15) is 0 Å². The number of anilines is 1.